The highest BCUT2D eigenvalue weighted by Crippen LogP contribution is 2.31. The van der Waals surface area contributed by atoms with Gasteiger partial charge in [0.05, 0.1) is 10.4 Å². The van der Waals surface area contributed by atoms with Crippen LogP contribution >= 0.6 is 11.3 Å². The van der Waals surface area contributed by atoms with Crippen molar-refractivity contribution in [3.8, 4) is 10.4 Å². The Morgan fingerprint density at radius 1 is 1.00 bits per heavy atom. The molecule has 0 saturated carbocycles. The van der Waals surface area contributed by atoms with E-state index in [1.165, 1.54) is 18.3 Å². The Labute approximate surface area is 202 Å². The Balaban J connectivity index is 1.62. The largest absolute Gasteiger partial charge is 0.480 e. The lowest BCUT2D eigenvalue weighted by Gasteiger charge is -2.16. The summed E-state index contributed by atoms with van der Waals surface area (Å²) in [4.78, 5) is 40.5. The summed E-state index contributed by atoms with van der Waals surface area (Å²) in [7, 11) is 0. The van der Waals surface area contributed by atoms with Gasteiger partial charge in [-0.2, -0.15) is 13.2 Å². The van der Waals surface area contributed by atoms with Crippen LogP contribution in [0.3, 0.4) is 0 Å². The number of benzene rings is 2. The van der Waals surface area contributed by atoms with E-state index in [1.54, 1.807) is 38.1 Å². The summed E-state index contributed by atoms with van der Waals surface area (Å²) in [6.07, 6.45) is -3.04. The minimum Gasteiger partial charge on any atom is -0.480 e. The van der Waals surface area contributed by atoms with Crippen molar-refractivity contribution in [3.05, 3.63) is 65.3 Å². The Morgan fingerprint density at radius 2 is 1.66 bits per heavy atom. The van der Waals surface area contributed by atoms with Crippen LogP contribution in [0.25, 0.3) is 10.4 Å². The van der Waals surface area contributed by atoms with Gasteiger partial charge in [0, 0.05) is 17.6 Å². The molecule has 0 aliphatic rings. The number of nitrogens with zero attached hydrogens (tertiary/aromatic N) is 1. The van der Waals surface area contributed by atoms with Crippen LogP contribution in [0.4, 0.5) is 29.3 Å². The molecule has 0 fully saturated rings. The summed E-state index contributed by atoms with van der Waals surface area (Å²) in [6, 6.07) is 9.03. The molecule has 184 valence electrons. The van der Waals surface area contributed by atoms with Crippen molar-refractivity contribution in [3.63, 3.8) is 0 Å². The number of carbonyl (C=O) groups excluding carboxylic acids is 2. The lowest BCUT2D eigenvalue weighted by Crippen LogP contribution is -2.44. The van der Waals surface area contributed by atoms with E-state index in [4.69, 9.17) is 0 Å². The maximum atomic E-state index is 12.8. The van der Waals surface area contributed by atoms with Gasteiger partial charge in [-0.1, -0.05) is 32.0 Å². The monoisotopic (exact) mass is 506 g/mol. The molecule has 35 heavy (non-hydrogen) atoms. The minimum absolute atomic E-state index is 0.00739. The van der Waals surface area contributed by atoms with E-state index in [9.17, 15) is 32.7 Å². The van der Waals surface area contributed by atoms with Crippen LogP contribution in [0, 0.1) is 5.92 Å². The van der Waals surface area contributed by atoms with Crippen LogP contribution in [-0.2, 0) is 11.0 Å². The summed E-state index contributed by atoms with van der Waals surface area (Å²) in [6.45, 7) is 3.36. The molecular formula is C23H21F3N4O4S. The van der Waals surface area contributed by atoms with Crippen molar-refractivity contribution in [1.29, 1.82) is 0 Å². The number of thiazole rings is 1. The summed E-state index contributed by atoms with van der Waals surface area (Å²) in [5.74, 6) is -2.03. The van der Waals surface area contributed by atoms with Crippen molar-refractivity contribution in [2.75, 3.05) is 10.6 Å². The number of nitrogens with one attached hydrogen (secondary N) is 3. The molecule has 0 unspecified atom stereocenters. The first-order chi connectivity index (χ1) is 16.4. The third-order valence-corrected chi connectivity index (χ3v) is 5.84. The molecule has 8 nitrogen and oxygen atoms in total. The molecule has 1 heterocycles. The molecular weight excluding hydrogens is 485 g/mol. The van der Waals surface area contributed by atoms with Crippen LogP contribution in [0.5, 0.6) is 0 Å². The van der Waals surface area contributed by atoms with Gasteiger partial charge in [-0.05, 0) is 41.8 Å². The van der Waals surface area contributed by atoms with Gasteiger partial charge in [0.2, 0.25) is 0 Å². The van der Waals surface area contributed by atoms with Crippen LogP contribution < -0.4 is 16.0 Å². The number of aromatic nitrogens is 1. The predicted octanol–water partition coefficient (Wildman–Crippen LogP) is 5.31. The van der Waals surface area contributed by atoms with Crippen LogP contribution in [0.15, 0.2) is 54.7 Å². The molecule has 3 amide bonds. The topological polar surface area (TPSA) is 120 Å². The van der Waals surface area contributed by atoms with Crippen molar-refractivity contribution >= 4 is 40.6 Å². The number of carboxylic acid groups (broad SMARTS) is 1. The zero-order valence-corrected chi connectivity index (χ0v) is 19.3. The number of halogens is 3. The molecule has 1 aromatic heterocycles. The second kappa shape index (κ2) is 10.6. The highest BCUT2D eigenvalue weighted by atomic mass is 32.1. The van der Waals surface area contributed by atoms with E-state index in [2.05, 4.69) is 20.9 Å². The highest BCUT2D eigenvalue weighted by Gasteiger charge is 2.30. The molecule has 12 heteroatoms. The molecule has 4 N–H and O–H groups in total. The molecule has 3 rings (SSSR count). The van der Waals surface area contributed by atoms with Gasteiger partial charge in [-0.25, -0.2) is 14.6 Å². The van der Waals surface area contributed by atoms with Crippen LogP contribution in [0.2, 0.25) is 0 Å². The summed E-state index contributed by atoms with van der Waals surface area (Å²) in [5.41, 5.74) is 0.206. The van der Waals surface area contributed by atoms with Crippen molar-refractivity contribution in [2.24, 2.45) is 5.92 Å². The van der Waals surface area contributed by atoms with Crippen molar-refractivity contribution in [2.45, 2.75) is 26.1 Å². The third-order valence-electron chi connectivity index (χ3n) is 4.79. The van der Waals surface area contributed by atoms with E-state index in [0.29, 0.717) is 16.1 Å². The van der Waals surface area contributed by atoms with Gasteiger partial charge in [-0.15, -0.1) is 11.3 Å². The molecule has 0 bridgehead atoms. The zero-order valence-electron chi connectivity index (χ0n) is 18.5. The molecule has 0 saturated heterocycles. The molecule has 1 atom stereocenters. The number of alkyl halides is 3. The fourth-order valence-corrected chi connectivity index (χ4v) is 3.84. The number of aliphatic carboxylic acids is 1. The van der Waals surface area contributed by atoms with Gasteiger partial charge >= 0.3 is 18.2 Å². The van der Waals surface area contributed by atoms with E-state index < -0.39 is 35.7 Å². The van der Waals surface area contributed by atoms with Crippen molar-refractivity contribution < 1.29 is 32.7 Å². The number of hydrogen-bond donors (Lipinski definition) is 4. The molecule has 0 aliphatic heterocycles. The Morgan fingerprint density at radius 3 is 2.26 bits per heavy atom. The summed E-state index contributed by atoms with van der Waals surface area (Å²) in [5, 5.41) is 16.7. The van der Waals surface area contributed by atoms with Gasteiger partial charge in [0.1, 0.15) is 6.04 Å². The molecule has 0 spiro atoms. The maximum Gasteiger partial charge on any atom is 0.416 e. The molecule has 0 aliphatic carbocycles. The van der Waals surface area contributed by atoms with Gasteiger partial charge in [0.25, 0.3) is 5.91 Å². The van der Waals surface area contributed by atoms with Crippen molar-refractivity contribution in [1.82, 2.24) is 10.3 Å². The number of rotatable bonds is 7. The standard InChI is InChI=1S/C23H21F3N4O4S/c1-12(2)18(21(32)33)30-19(31)20-27-11-17(35-20)13-6-8-15(9-7-13)28-22(34)29-16-5-3-4-14(10-16)23(24,25)26/h3-12,18H,1-2H3,(H,30,31)(H,32,33)(H2,28,29,34)/t18-/m0/s1. The average molecular weight is 507 g/mol. The van der Waals surface area contributed by atoms with Gasteiger partial charge in [0.15, 0.2) is 5.01 Å². The molecule has 3 aromatic rings. The number of anilines is 2. The zero-order chi connectivity index (χ0) is 25.8. The Kier molecular flexibility index (Phi) is 7.75. The van der Waals surface area contributed by atoms with Crippen LogP contribution in [-0.4, -0.2) is 34.0 Å². The van der Waals surface area contributed by atoms with Gasteiger partial charge < -0.3 is 21.1 Å². The van der Waals surface area contributed by atoms with E-state index in [-0.39, 0.29) is 16.6 Å². The smallest absolute Gasteiger partial charge is 0.416 e. The Bertz CT molecular complexity index is 1230. The summed E-state index contributed by atoms with van der Waals surface area (Å²) >= 11 is 1.08. The quantitative estimate of drug-likeness (QED) is 0.346. The summed E-state index contributed by atoms with van der Waals surface area (Å²) < 4.78 is 38.5. The fourth-order valence-electron chi connectivity index (χ4n) is 3.01. The lowest BCUT2D eigenvalue weighted by atomic mass is 10.1. The first-order valence-corrected chi connectivity index (χ1v) is 11.1. The minimum atomic E-state index is -4.52. The highest BCUT2D eigenvalue weighted by molar-refractivity contribution is 7.17. The fraction of sp³-hybridized carbons (Fsp3) is 0.217. The second-order valence-electron chi connectivity index (χ2n) is 7.80. The first-order valence-electron chi connectivity index (χ1n) is 10.3. The van der Waals surface area contributed by atoms with E-state index >= 15 is 0 Å². The van der Waals surface area contributed by atoms with Gasteiger partial charge in [-0.3, -0.25) is 4.79 Å². The Hall–Kier alpha value is -3.93. The maximum absolute atomic E-state index is 12.8. The number of carboxylic acids is 1. The molecule has 0 radical (unpaired) electrons. The van der Waals surface area contributed by atoms with E-state index in [1.807, 2.05) is 0 Å². The number of carbonyl (C=O) groups is 3. The SMILES string of the molecule is CC(C)[C@H](NC(=O)c1ncc(-c2ccc(NC(=O)Nc3cccc(C(F)(F)F)c3)cc2)s1)C(=O)O. The van der Waals surface area contributed by atoms with Crippen LogP contribution in [0.1, 0.15) is 29.2 Å². The average Bonchev–Trinajstić information content (AvgIpc) is 3.27. The lowest BCUT2D eigenvalue weighted by molar-refractivity contribution is -0.140. The third kappa shape index (κ3) is 6.79. The predicted molar refractivity (Wildman–Crippen MR) is 125 cm³/mol. The number of hydrogen-bond acceptors (Lipinski definition) is 5. The number of urea groups is 1. The normalized spacial score (nSPS) is 12.2. The molecule has 2 aromatic carbocycles. The first kappa shape index (κ1) is 25.7. The number of amides is 3. The second-order valence-corrected chi connectivity index (χ2v) is 8.83. The van der Waals surface area contributed by atoms with E-state index in [0.717, 1.165) is 23.5 Å².